The minimum Gasteiger partial charge on any atom is -0.477 e. The van der Waals surface area contributed by atoms with Crippen LogP contribution in [0.4, 0.5) is 0 Å². The average Bonchev–Trinajstić information content (AvgIpc) is 3.07. The number of rotatable bonds is 3. The Kier molecular flexibility index (Phi) is 2.85. The van der Waals surface area contributed by atoms with Crippen molar-refractivity contribution in [1.82, 2.24) is 14.9 Å². The zero-order valence-corrected chi connectivity index (χ0v) is 10.7. The lowest BCUT2D eigenvalue weighted by molar-refractivity contribution is 0.0694. The van der Waals surface area contributed by atoms with Crippen molar-refractivity contribution >= 4 is 5.97 Å². The number of aromatic nitrogens is 3. The fourth-order valence-corrected chi connectivity index (χ4v) is 2.72. The first kappa shape index (κ1) is 12.0. The molecule has 0 spiro atoms. The van der Waals surface area contributed by atoms with E-state index in [1.54, 1.807) is 24.1 Å². The van der Waals surface area contributed by atoms with Crippen molar-refractivity contribution in [2.75, 3.05) is 0 Å². The Bertz CT molecular complexity index is 608. The van der Waals surface area contributed by atoms with Crippen LogP contribution >= 0.6 is 0 Å². The summed E-state index contributed by atoms with van der Waals surface area (Å²) in [6.45, 7) is 0. The molecule has 3 rings (SSSR count). The fraction of sp³-hybridized carbons (Fsp3) is 0.462. The van der Waals surface area contributed by atoms with Crippen LogP contribution in [0.25, 0.3) is 11.3 Å². The predicted octanol–water partition coefficient (Wildman–Crippen LogP) is 2.43. The number of aromatic carboxylic acids is 1. The number of hydrogen-bond donors (Lipinski definition) is 1. The minimum atomic E-state index is -0.984. The molecule has 0 atom stereocenters. The summed E-state index contributed by atoms with van der Waals surface area (Å²) in [6.07, 6.45) is 7.52. The molecule has 0 aliphatic heterocycles. The third-order valence-electron chi connectivity index (χ3n) is 3.64. The quantitative estimate of drug-likeness (QED) is 0.917. The Labute approximate surface area is 110 Å². The highest BCUT2D eigenvalue weighted by molar-refractivity contribution is 5.95. The van der Waals surface area contributed by atoms with Crippen LogP contribution in [0.15, 0.2) is 16.9 Å². The van der Waals surface area contributed by atoms with Gasteiger partial charge in [-0.1, -0.05) is 18.0 Å². The van der Waals surface area contributed by atoms with Crippen molar-refractivity contribution in [3.63, 3.8) is 0 Å². The number of carboxylic acid groups (broad SMARTS) is 1. The van der Waals surface area contributed by atoms with Crippen LogP contribution in [0.2, 0.25) is 0 Å². The number of carbonyl (C=O) groups is 1. The van der Waals surface area contributed by atoms with E-state index >= 15 is 0 Å². The van der Waals surface area contributed by atoms with Gasteiger partial charge in [0.1, 0.15) is 11.3 Å². The Balaban J connectivity index is 2.08. The third kappa shape index (κ3) is 2.03. The summed E-state index contributed by atoms with van der Waals surface area (Å²) in [4.78, 5) is 11.5. The van der Waals surface area contributed by atoms with E-state index in [4.69, 9.17) is 4.52 Å². The van der Waals surface area contributed by atoms with Crippen molar-refractivity contribution in [1.29, 1.82) is 0 Å². The molecule has 1 saturated carbocycles. The molecule has 1 aliphatic rings. The van der Waals surface area contributed by atoms with E-state index in [0.717, 1.165) is 25.7 Å². The van der Waals surface area contributed by atoms with Gasteiger partial charge in [0.05, 0.1) is 6.20 Å². The van der Waals surface area contributed by atoms with Crippen LogP contribution < -0.4 is 0 Å². The molecule has 1 fully saturated rings. The molecular formula is C13H15N3O3. The van der Waals surface area contributed by atoms with E-state index in [1.807, 2.05) is 0 Å². The lowest BCUT2D eigenvalue weighted by Crippen LogP contribution is -2.03. The molecule has 0 aromatic carbocycles. The van der Waals surface area contributed by atoms with Gasteiger partial charge in [-0.25, -0.2) is 4.79 Å². The van der Waals surface area contributed by atoms with Gasteiger partial charge in [0.15, 0.2) is 5.76 Å². The second-order valence-electron chi connectivity index (χ2n) is 4.96. The zero-order chi connectivity index (χ0) is 13.4. The van der Waals surface area contributed by atoms with E-state index in [0.29, 0.717) is 17.0 Å². The summed E-state index contributed by atoms with van der Waals surface area (Å²) in [7, 11) is 1.78. The maximum absolute atomic E-state index is 11.5. The maximum Gasteiger partial charge on any atom is 0.341 e. The second-order valence-corrected chi connectivity index (χ2v) is 4.96. The summed E-state index contributed by atoms with van der Waals surface area (Å²) in [5.74, 6) is -0.283. The Hall–Kier alpha value is -2.11. The average molecular weight is 261 g/mol. The fourth-order valence-electron chi connectivity index (χ4n) is 2.72. The third-order valence-corrected chi connectivity index (χ3v) is 3.64. The van der Waals surface area contributed by atoms with E-state index < -0.39 is 5.97 Å². The van der Waals surface area contributed by atoms with Gasteiger partial charge >= 0.3 is 5.97 Å². The smallest absolute Gasteiger partial charge is 0.341 e. The van der Waals surface area contributed by atoms with Crippen LogP contribution in [-0.2, 0) is 7.05 Å². The van der Waals surface area contributed by atoms with Gasteiger partial charge in [0.2, 0.25) is 0 Å². The Morgan fingerprint density at radius 3 is 2.79 bits per heavy atom. The van der Waals surface area contributed by atoms with Crippen LogP contribution in [0.5, 0.6) is 0 Å². The Morgan fingerprint density at radius 1 is 1.47 bits per heavy atom. The monoisotopic (exact) mass is 261 g/mol. The summed E-state index contributed by atoms with van der Waals surface area (Å²) < 4.78 is 6.95. The summed E-state index contributed by atoms with van der Waals surface area (Å²) in [5.41, 5.74) is 1.25. The maximum atomic E-state index is 11.5. The molecule has 6 nitrogen and oxygen atoms in total. The number of aryl methyl sites for hydroxylation is 1. The predicted molar refractivity (Wildman–Crippen MR) is 66.9 cm³/mol. The molecule has 1 aliphatic carbocycles. The number of hydrogen-bond acceptors (Lipinski definition) is 4. The molecule has 100 valence electrons. The van der Waals surface area contributed by atoms with E-state index in [2.05, 4.69) is 10.3 Å². The van der Waals surface area contributed by atoms with Gasteiger partial charge in [-0.3, -0.25) is 4.68 Å². The molecular weight excluding hydrogens is 246 g/mol. The lowest BCUT2D eigenvalue weighted by atomic mass is 9.98. The number of carboxylic acids is 1. The van der Waals surface area contributed by atoms with Crippen molar-refractivity contribution in [2.45, 2.75) is 31.6 Å². The standard InChI is InChI=1S/C13H15N3O3/c1-16-7-9(6-14-16)11-10(13(17)18)12(19-15-11)8-4-2-3-5-8/h6-8H,2-5H2,1H3,(H,17,18). The minimum absolute atomic E-state index is 0.184. The van der Waals surface area contributed by atoms with E-state index in [9.17, 15) is 9.90 Å². The van der Waals surface area contributed by atoms with Crippen molar-refractivity contribution in [2.24, 2.45) is 7.05 Å². The molecule has 6 heteroatoms. The highest BCUT2D eigenvalue weighted by Crippen LogP contribution is 2.38. The summed E-state index contributed by atoms with van der Waals surface area (Å²) >= 11 is 0. The van der Waals surface area contributed by atoms with Crippen LogP contribution in [-0.4, -0.2) is 26.0 Å². The van der Waals surface area contributed by atoms with Gasteiger partial charge < -0.3 is 9.63 Å². The lowest BCUT2D eigenvalue weighted by Gasteiger charge is -2.04. The van der Waals surface area contributed by atoms with Gasteiger partial charge in [-0.2, -0.15) is 5.10 Å². The van der Waals surface area contributed by atoms with Gasteiger partial charge in [-0.15, -0.1) is 0 Å². The molecule has 2 aromatic rings. The van der Waals surface area contributed by atoms with Gasteiger partial charge in [0.25, 0.3) is 0 Å². The molecule has 1 N–H and O–H groups in total. The molecule has 2 aromatic heterocycles. The van der Waals surface area contributed by atoms with Crippen molar-refractivity contribution < 1.29 is 14.4 Å². The molecule has 2 heterocycles. The van der Waals surface area contributed by atoms with E-state index in [-0.39, 0.29) is 11.5 Å². The van der Waals surface area contributed by atoms with Crippen LogP contribution in [0, 0.1) is 0 Å². The summed E-state index contributed by atoms with van der Waals surface area (Å²) in [6, 6.07) is 0. The molecule has 0 radical (unpaired) electrons. The molecule has 0 unspecified atom stereocenters. The zero-order valence-electron chi connectivity index (χ0n) is 10.7. The van der Waals surface area contributed by atoms with Gasteiger partial charge in [0, 0.05) is 24.7 Å². The molecule has 0 saturated heterocycles. The topological polar surface area (TPSA) is 81.2 Å². The Morgan fingerprint density at radius 2 is 2.21 bits per heavy atom. The number of nitrogens with zero attached hydrogens (tertiary/aromatic N) is 3. The first-order chi connectivity index (χ1) is 9.16. The van der Waals surface area contributed by atoms with Crippen molar-refractivity contribution in [3.05, 3.63) is 23.7 Å². The van der Waals surface area contributed by atoms with Crippen molar-refractivity contribution in [3.8, 4) is 11.3 Å². The first-order valence-corrected chi connectivity index (χ1v) is 6.38. The van der Waals surface area contributed by atoms with Gasteiger partial charge in [-0.05, 0) is 12.8 Å². The first-order valence-electron chi connectivity index (χ1n) is 6.38. The second kappa shape index (κ2) is 4.53. The van der Waals surface area contributed by atoms with E-state index in [1.165, 1.54) is 0 Å². The normalized spacial score (nSPS) is 16.1. The highest BCUT2D eigenvalue weighted by atomic mass is 16.5. The SMILES string of the molecule is Cn1cc(-c2noc(C3CCCC3)c2C(=O)O)cn1. The highest BCUT2D eigenvalue weighted by Gasteiger charge is 2.31. The van der Waals surface area contributed by atoms with Crippen LogP contribution in [0.3, 0.4) is 0 Å². The molecule has 19 heavy (non-hydrogen) atoms. The molecule has 0 bridgehead atoms. The summed E-state index contributed by atoms with van der Waals surface area (Å²) in [5, 5.41) is 17.4. The largest absolute Gasteiger partial charge is 0.477 e. The molecule has 0 amide bonds. The van der Waals surface area contributed by atoms with Crippen LogP contribution in [0.1, 0.15) is 47.7 Å².